The Morgan fingerprint density at radius 2 is 2.33 bits per heavy atom. The van der Waals surface area contributed by atoms with Gasteiger partial charge in [0.15, 0.2) is 0 Å². The Bertz CT molecular complexity index is 138. The van der Waals surface area contributed by atoms with Crippen molar-refractivity contribution in [2.24, 2.45) is 0 Å². The SMILES string of the molecule is CSCCN1CCCC(C)(O)C1. The fraction of sp³-hybridized carbons (Fsp3) is 1.00. The van der Waals surface area contributed by atoms with Gasteiger partial charge in [0.2, 0.25) is 0 Å². The maximum absolute atomic E-state index is 9.80. The fourth-order valence-electron chi connectivity index (χ4n) is 1.73. The van der Waals surface area contributed by atoms with E-state index in [9.17, 15) is 5.11 Å². The highest BCUT2D eigenvalue weighted by molar-refractivity contribution is 7.98. The molecule has 1 unspecified atom stereocenters. The molecular weight excluding hydrogens is 170 g/mol. The van der Waals surface area contributed by atoms with Crippen molar-refractivity contribution in [3.8, 4) is 0 Å². The van der Waals surface area contributed by atoms with Gasteiger partial charge in [-0.3, -0.25) is 4.90 Å². The third-order valence-electron chi connectivity index (χ3n) is 2.37. The molecule has 2 nitrogen and oxygen atoms in total. The summed E-state index contributed by atoms with van der Waals surface area (Å²) in [5.41, 5.74) is -0.434. The largest absolute Gasteiger partial charge is 0.389 e. The predicted molar refractivity (Wildman–Crippen MR) is 54.7 cm³/mol. The summed E-state index contributed by atoms with van der Waals surface area (Å²) in [4.78, 5) is 2.36. The summed E-state index contributed by atoms with van der Waals surface area (Å²) in [5.74, 6) is 1.18. The minimum atomic E-state index is -0.434. The summed E-state index contributed by atoms with van der Waals surface area (Å²) in [7, 11) is 0. The van der Waals surface area contributed by atoms with Gasteiger partial charge >= 0.3 is 0 Å². The molecular formula is C9H19NOS. The molecule has 1 heterocycles. The van der Waals surface area contributed by atoms with Crippen molar-refractivity contribution in [1.82, 2.24) is 4.90 Å². The van der Waals surface area contributed by atoms with Gasteiger partial charge in [0.05, 0.1) is 5.60 Å². The van der Waals surface area contributed by atoms with Gasteiger partial charge in [-0.05, 0) is 32.6 Å². The van der Waals surface area contributed by atoms with Crippen molar-refractivity contribution in [3.63, 3.8) is 0 Å². The molecule has 1 atom stereocenters. The number of nitrogens with zero attached hydrogens (tertiary/aromatic N) is 1. The van der Waals surface area contributed by atoms with Crippen LogP contribution in [0.5, 0.6) is 0 Å². The zero-order valence-electron chi connectivity index (χ0n) is 8.05. The first-order valence-electron chi connectivity index (χ1n) is 4.58. The van der Waals surface area contributed by atoms with Crippen LogP contribution in [0.15, 0.2) is 0 Å². The molecule has 0 aliphatic carbocycles. The molecule has 0 aromatic heterocycles. The summed E-state index contributed by atoms with van der Waals surface area (Å²) >= 11 is 1.87. The van der Waals surface area contributed by atoms with E-state index in [1.54, 1.807) is 0 Å². The van der Waals surface area contributed by atoms with Gasteiger partial charge < -0.3 is 5.11 Å². The van der Waals surface area contributed by atoms with E-state index in [-0.39, 0.29) is 0 Å². The highest BCUT2D eigenvalue weighted by atomic mass is 32.2. The van der Waals surface area contributed by atoms with E-state index in [1.165, 1.54) is 5.75 Å². The zero-order chi connectivity index (χ0) is 9.03. The van der Waals surface area contributed by atoms with E-state index in [0.29, 0.717) is 0 Å². The molecule has 1 N–H and O–H groups in total. The van der Waals surface area contributed by atoms with Gasteiger partial charge in [-0.2, -0.15) is 11.8 Å². The number of aliphatic hydroxyl groups is 1. The molecule has 0 saturated carbocycles. The molecule has 12 heavy (non-hydrogen) atoms. The lowest BCUT2D eigenvalue weighted by molar-refractivity contribution is -0.0133. The molecule has 0 aromatic rings. The molecule has 0 aromatic carbocycles. The highest BCUT2D eigenvalue weighted by Crippen LogP contribution is 2.19. The second kappa shape index (κ2) is 4.49. The van der Waals surface area contributed by atoms with E-state index in [1.807, 2.05) is 18.7 Å². The monoisotopic (exact) mass is 189 g/mol. The normalized spacial score (nSPS) is 32.2. The van der Waals surface area contributed by atoms with Gasteiger partial charge in [0.1, 0.15) is 0 Å². The van der Waals surface area contributed by atoms with Gasteiger partial charge in [-0.25, -0.2) is 0 Å². The summed E-state index contributed by atoms with van der Waals surface area (Å²) < 4.78 is 0. The van der Waals surface area contributed by atoms with Gasteiger partial charge in [0, 0.05) is 18.8 Å². The van der Waals surface area contributed by atoms with E-state index in [0.717, 1.165) is 32.5 Å². The number of rotatable bonds is 3. The van der Waals surface area contributed by atoms with Crippen LogP contribution in [0.3, 0.4) is 0 Å². The molecule has 0 amide bonds. The van der Waals surface area contributed by atoms with Crippen molar-refractivity contribution in [1.29, 1.82) is 0 Å². The van der Waals surface area contributed by atoms with E-state index < -0.39 is 5.60 Å². The molecule has 72 valence electrons. The highest BCUT2D eigenvalue weighted by Gasteiger charge is 2.27. The summed E-state index contributed by atoms with van der Waals surface area (Å²) in [6, 6.07) is 0. The molecule has 0 spiro atoms. The lowest BCUT2D eigenvalue weighted by Crippen LogP contribution is -2.46. The third-order valence-corrected chi connectivity index (χ3v) is 2.96. The molecule has 0 bridgehead atoms. The summed E-state index contributed by atoms with van der Waals surface area (Å²) in [6.45, 7) is 5.08. The van der Waals surface area contributed by atoms with Crippen molar-refractivity contribution < 1.29 is 5.11 Å². The van der Waals surface area contributed by atoms with Crippen LogP contribution in [0.1, 0.15) is 19.8 Å². The predicted octanol–water partition coefficient (Wildman–Crippen LogP) is 1.20. The quantitative estimate of drug-likeness (QED) is 0.721. The first-order chi connectivity index (χ1) is 5.64. The van der Waals surface area contributed by atoms with Crippen molar-refractivity contribution in [3.05, 3.63) is 0 Å². The van der Waals surface area contributed by atoms with Crippen LogP contribution in [0.2, 0.25) is 0 Å². The van der Waals surface area contributed by atoms with Crippen molar-refractivity contribution in [2.45, 2.75) is 25.4 Å². The van der Waals surface area contributed by atoms with Crippen LogP contribution < -0.4 is 0 Å². The lowest BCUT2D eigenvalue weighted by Gasteiger charge is -2.36. The first-order valence-corrected chi connectivity index (χ1v) is 5.97. The van der Waals surface area contributed by atoms with Crippen LogP contribution in [-0.4, -0.2) is 47.3 Å². The minimum Gasteiger partial charge on any atom is -0.389 e. The number of likely N-dealkylation sites (tertiary alicyclic amines) is 1. The summed E-state index contributed by atoms with van der Waals surface area (Å²) in [6.07, 6.45) is 4.23. The molecule has 1 saturated heterocycles. The van der Waals surface area contributed by atoms with Crippen LogP contribution in [0.25, 0.3) is 0 Å². The molecule has 1 fully saturated rings. The Hall–Kier alpha value is 0.270. The molecule has 0 radical (unpaired) electrons. The van der Waals surface area contributed by atoms with Crippen LogP contribution in [0, 0.1) is 0 Å². The van der Waals surface area contributed by atoms with E-state index in [2.05, 4.69) is 11.2 Å². The number of hydrogen-bond donors (Lipinski definition) is 1. The second-order valence-corrected chi connectivity index (χ2v) is 4.86. The standard InChI is InChI=1S/C9H19NOS/c1-9(11)4-3-5-10(8-9)6-7-12-2/h11H,3-8H2,1-2H3. The van der Waals surface area contributed by atoms with Crippen LogP contribution in [0.4, 0.5) is 0 Å². The van der Waals surface area contributed by atoms with E-state index in [4.69, 9.17) is 0 Å². The number of piperidine rings is 1. The smallest absolute Gasteiger partial charge is 0.0746 e. The number of hydrogen-bond acceptors (Lipinski definition) is 3. The van der Waals surface area contributed by atoms with Crippen LogP contribution >= 0.6 is 11.8 Å². The Morgan fingerprint density at radius 1 is 1.58 bits per heavy atom. The van der Waals surface area contributed by atoms with Gasteiger partial charge in [0.25, 0.3) is 0 Å². The molecule has 1 rings (SSSR count). The Morgan fingerprint density at radius 3 is 2.92 bits per heavy atom. The molecule has 3 heteroatoms. The van der Waals surface area contributed by atoms with Gasteiger partial charge in [-0.15, -0.1) is 0 Å². The van der Waals surface area contributed by atoms with Crippen molar-refractivity contribution >= 4 is 11.8 Å². The number of β-amino-alcohol motifs (C(OH)–C–C–N with tert-alkyl or cyclic N) is 1. The summed E-state index contributed by atoms with van der Waals surface area (Å²) in [5, 5.41) is 9.80. The van der Waals surface area contributed by atoms with Crippen molar-refractivity contribution in [2.75, 3.05) is 31.6 Å². The molecule has 1 aliphatic heterocycles. The average Bonchev–Trinajstić information content (AvgIpc) is 1.99. The Balaban J connectivity index is 2.26. The van der Waals surface area contributed by atoms with Gasteiger partial charge in [-0.1, -0.05) is 0 Å². The third kappa shape index (κ3) is 3.33. The first kappa shape index (κ1) is 10.4. The maximum Gasteiger partial charge on any atom is 0.0746 e. The second-order valence-electron chi connectivity index (χ2n) is 3.87. The fourth-order valence-corrected chi connectivity index (χ4v) is 2.18. The molecule has 1 aliphatic rings. The maximum atomic E-state index is 9.80. The van der Waals surface area contributed by atoms with Crippen LogP contribution in [-0.2, 0) is 0 Å². The number of thioether (sulfide) groups is 1. The van der Waals surface area contributed by atoms with E-state index >= 15 is 0 Å². The topological polar surface area (TPSA) is 23.5 Å². The average molecular weight is 189 g/mol. The Kier molecular flexibility index (Phi) is 3.87. The lowest BCUT2D eigenvalue weighted by atomic mass is 9.95. The zero-order valence-corrected chi connectivity index (χ0v) is 8.86. The minimum absolute atomic E-state index is 0.434. The Labute approximate surface area is 79.3 Å².